The van der Waals surface area contributed by atoms with Crippen LogP contribution in [0.1, 0.15) is 27.5 Å². The predicted molar refractivity (Wildman–Crippen MR) is 101 cm³/mol. The number of hydrogen-bond acceptors (Lipinski definition) is 3. The maximum Gasteiger partial charge on any atom is 0.253 e. The molecular formula is C20H20BrN3O. The van der Waals surface area contributed by atoms with E-state index in [2.05, 4.69) is 26.9 Å². The van der Waals surface area contributed by atoms with Gasteiger partial charge in [-0.1, -0.05) is 46.3 Å². The predicted octanol–water partition coefficient (Wildman–Crippen LogP) is 3.78. The maximum atomic E-state index is 12.6. The molecule has 0 spiro atoms. The normalized spacial score (nSPS) is 16.3. The van der Waals surface area contributed by atoms with Gasteiger partial charge in [-0.15, -0.1) is 0 Å². The highest BCUT2D eigenvalue weighted by molar-refractivity contribution is 9.10. The van der Waals surface area contributed by atoms with Crippen LogP contribution < -0.4 is 0 Å². The summed E-state index contributed by atoms with van der Waals surface area (Å²) >= 11 is 3.41. The number of carbonyl (C=O) groups is 1. The highest BCUT2D eigenvalue weighted by atomic mass is 79.9. The quantitative estimate of drug-likeness (QED) is 0.791. The lowest BCUT2D eigenvalue weighted by Gasteiger charge is -2.37. The number of benzene rings is 2. The molecule has 1 aliphatic heterocycles. The molecule has 0 N–H and O–H groups in total. The van der Waals surface area contributed by atoms with Crippen molar-refractivity contribution in [2.75, 3.05) is 26.2 Å². The molecular weight excluding hydrogens is 378 g/mol. The fraction of sp³-hybridized carbons (Fsp3) is 0.300. The zero-order chi connectivity index (χ0) is 17.8. The van der Waals surface area contributed by atoms with Crippen molar-refractivity contribution < 1.29 is 4.79 Å². The Balaban J connectivity index is 1.68. The number of piperazine rings is 1. The monoisotopic (exact) mass is 397 g/mol. The average molecular weight is 398 g/mol. The smallest absolute Gasteiger partial charge is 0.253 e. The molecule has 2 aromatic carbocycles. The van der Waals surface area contributed by atoms with Crippen molar-refractivity contribution in [1.82, 2.24) is 9.80 Å². The molecule has 1 unspecified atom stereocenters. The van der Waals surface area contributed by atoms with E-state index in [1.165, 1.54) is 0 Å². The molecule has 0 aliphatic carbocycles. The Morgan fingerprint density at radius 3 is 2.48 bits per heavy atom. The third-order valence-corrected chi connectivity index (χ3v) is 5.14. The Hall–Kier alpha value is -2.16. The first kappa shape index (κ1) is 17.7. The van der Waals surface area contributed by atoms with E-state index in [4.69, 9.17) is 0 Å². The summed E-state index contributed by atoms with van der Waals surface area (Å²) in [5, 5.41) is 9.66. The Labute approximate surface area is 156 Å². The van der Waals surface area contributed by atoms with Gasteiger partial charge in [0, 0.05) is 36.2 Å². The van der Waals surface area contributed by atoms with Gasteiger partial charge in [0.05, 0.1) is 6.07 Å². The summed E-state index contributed by atoms with van der Waals surface area (Å²) in [6.07, 6.45) is 0. The molecule has 2 aromatic rings. The summed E-state index contributed by atoms with van der Waals surface area (Å²) in [5.74, 6) is 0.0466. The summed E-state index contributed by atoms with van der Waals surface area (Å²) in [6.45, 7) is 4.70. The third-order valence-electron chi connectivity index (χ3n) is 4.64. The van der Waals surface area contributed by atoms with Gasteiger partial charge < -0.3 is 4.90 Å². The van der Waals surface area contributed by atoms with Crippen LogP contribution in [0.2, 0.25) is 0 Å². The van der Waals surface area contributed by atoms with Crippen molar-refractivity contribution in [3.63, 3.8) is 0 Å². The minimum atomic E-state index is -0.260. The molecule has 1 amide bonds. The number of hydrogen-bond donors (Lipinski definition) is 0. The van der Waals surface area contributed by atoms with Gasteiger partial charge >= 0.3 is 0 Å². The van der Waals surface area contributed by atoms with E-state index in [1.54, 1.807) is 0 Å². The SMILES string of the molecule is Cc1ccccc1C(C#N)N1CCN(C(=O)c2cccc(Br)c2)CC1. The van der Waals surface area contributed by atoms with E-state index in [1.807, 2.05) is 60.4 Å². The Bertz CT molecular complexity index is 807. The first-order valence-corrected chi connectivity index (χ1v) is 9.13. The van der Waals surface area contributed by atoms with Crippen molar-refractivity contribution >= 4 is 21.8 Å². The van der Waals surface area contributed by atoms with Crippen LogP contribution in [0, 0.1) is 18.3 Å². The lowest BCUT2D eigenvalue weighted by atomic mass is 10.0. The molecule has 0 bridgehead atoms. The standard InChI is InChI=1S/C20H20BrN3O/c1-15-5-2-3-8-18(15)19(14-22)23-9-11-24(12-10-23)20(25)16-6-4-7-17(21)13-16/h2-8,13,19H,9-12H2,1H3. The Morgan fingerprint density at radius 1 is 1.12 bits per heavy atom. The van der Waals surface area contributed by atoms with Crippen LogP contribution in [0.4, 0.5) is 0 Å². The van der Waals surface area contributed by atoms with E-state index < -0.39 is 0 Å². The number of nitriles is 1. The van der Waals surface area contributed by atoms with E-state index in [-0.39, 0.29) is 11.9 Å². The molecule has 1 aliphatic rings. The molecule has 1 fully saturated rings. The molecule has 25 heavy (non-hydrogen) atoms. The van der Waals surface area contributed by atoms with Gasteiger partial charge in [0.25, 0.3) is 5.91 Å². The topological polar surface area (TPSA) is 47.3 Å². The number of nitrogens with zero attached hydrogens (tertiary/aromatic N) is 3. The number of rotatable bonds is 3. The molecule has 3 rings (SSSR count). The van der Waals surface area contributed by atoms with Crippen LogP contribution in [0.25, 0.3) is 0 Å². The van der Waals surface area contributed by atoms with Gasteiger partial charge in [-0.25, -0.2) is 0 Å². The van der Waals surface area contributed by atoms with Gasteiger partial charge in [-0.3, -0.25) is 9.69 Å². The molecule has 5 heteroatoms. The molecule has 0 saturated carbocycles. The second kappa shape index (κ2) is 7.81. The van der Waals surface area contributed by atoms with Crippen molar-refractivity contribution in [1.29, 1.82) is 5.26 Å². The van der Waals surface area contributed by atoms with Gasteiger partial charge in [-0.2, -0.15) is 5.26 Å². The zero-order valence-corrected chi connectivity index (χ0v) is 15.7. The summed E-state index contributed by atoms with van der Waals surface area (Å²) in [6, 6.07) is 17.6. The van der Waals surface area contributed by atoms with Crippen LogP contribution >= 0.6 is 15.9 Å². The van der Waals surface area contributed by atoms with Crippen LogP contribution in [0.5, 0.6) is 0 Å². The highest BCUT2D eigenvalue weighted by Gasteiger charge is 2.28. The van der Waals surface area contributed by atoms with E-state index in [9.17, 15) is 10.1 Å². The lowest BCUT2D eigenvalue weighted by Crippen LogP contribution is -2.49. The van der Waals surface area contributed by atoms with Crippen LogP contribution in [0.3, 0.4) is 0 Å². The Kier molecular flexibility index (Phi) is 5.52. The van der Waals surface area contributed by atoms with Crippen molar-refractivity contribution in [2.24, 2.45) is 0 Å². The van der Waals surface area contributed by atoms with Gasteiger partial charge in [-0.05, 0) is 36.2 Å². The third kappa shape index (κ3) is 3.92. The second-order valence-corrected chi connectivity index (χ2v) is 7.14. The van der Waals surface area contributed by atoms with Crippen LogP contribution in [-0.2, 0) is 0 Å². The summed E-state index contributed by atoms with van der Waals surface area (Å²) in [4.78, 5) is 16.7. The minimum Gasteiger partial charge on any atom is -0.336 e. The summed E-state index contributed by atoms with van der Waals surface area (Å²) in [5.41, 5.74) is 2.87. The highest BCUT2D eigenvalue weighted by Crippen LogP contribution is 2.25. The van der Waals surface area contributed by atoms with Crippen molar-refractivity contribution in [2.45, 2.75) is 13.0 Å². The molecule has 0 aromatic heterocycles. The number of carbonyl (C=O) groups excluding carboxylic acids is 1. The number of halogens is 1. The minimum absolute atomic E-state index is 0.0466. The fourth-order valence-corrected chi connectivity index (χ4v) is 3.63. The second-order valence-electron chi connectivity index (χ2n) is 6.23. The van der Waals surface area contributed by atoms with E-state index >= 15 is 0 Å². The molecule has 4 nitrogen and oxygen atoms in total. The van der Waals surface area contributed by atoms with E-state index in [0.717, 1.165) is 15.6 Å². The summed E-state index contributed by atoms with van der Waals surface area (Å²) < 4.78 is 0.904. The lowest BCUT2D eigenvalue weighted by molar-refractivity contribution is 0.0606. The maximum absolute atomic E-state index is 12.6. The number of aryl methyl sites for hydroxylation is 1. The van der Waals surface area contributed by atoms with Crippen LogP contribution in [0.15, 0.2) is 53.0 Å². The Morgan fingerprint density at radius 2 is 1.84 bits per heavy atom. The zero-order valence-electron chi connectivity index (χ0n) is 14.2. The largest absolute Gasteiger partial charge is 0.336 e. The molecule has 1 saturated heterocycles. The first-order chi connectivity index (χ1) is 12.1. The van der Waals surface area contributed by atoms with Crippen molar-refractivity contribution in [3.05, 3.63) is 69.7 Å². The number of amides is 1. The van der Waals surface area contributed by atoms with Gasteiger partial charge in [0.15, 0.2) is 0 Å². The molecule has 1 heterocycles. The summed E-state index contributed by atoms with van der Waals surface area (Å²) in [7, 11) is 0. The van der Waals surface area contributed by atoms with E-state index in [0.29, 0.717) is 31.7 Å². The average Bonchev–Trinajstić information content (AvgIpc) is 2.64. The molecule has 0 radical (unpaired) electrons. The van der Waals surface area contributed by atoms with Crippen molar-refractivity contribution in [3.8, 4) is 6.07 Å². The van der Waals surface area contributed by atoms with Crippen LogP contribution in [-0.4, -0.2) is 41.9 Å². The van der Waals surface area contributed by atoms with Gasteiger partial charge in [0.2, 0.25) is 0 Å². The molecule has 1 atom stereocenters. The molecule has 128 valence electrons. The fourth-order valence-electron chi connectivity index (χ4n) is 3.23. The first-order valence-electron chi connectivity index (χ1n) is 8.34. The van der Waals surface area contributed by atoms with Gasteiger partial charge in [0.1, 0.15) is 6.04 Å².